The number of rotatable bonds is 2. The molecule has 2 aliphatic carbocycles. The van der Waals surface area contributed by atoms with Gasteiger partial charge in [0.15, 0.2) is 5.78 Å². The summed E-state index contributed by atoms with van der Waals surface area (Å²) in [6.45, 7) is 0. The van der Waals surface area contributed by atoms with Crippen LogP contribution in [0.4, 0.5) is 0 Å². The average molecular weight is 235 g/mol. The lowest BCUT2D eigenvalue weighted by Gasteiger charge is -2.24. The molecule has 3 aliphatic rings. The number of carbonyl (C=O) groups is 1. The summed E-state index contributed by atoms with van der Waals surface area (Å²) in [7, 11) is 0. The van der Waals surface area contributed by atoms with Crippen LogP contribution >= 0.6 is 0 Å². The topological polar surface area (TPSA) is 29.1 Å². The molecule has 2 heteroatoms. The second kappa shape index (κ2) is 5.09. The van der Waals surface area contributed by atoms with Crippen LogP contribution in [0, 0.1) is 11.8 Å². The molecule has 1 N–H and O–H groups in total. The van der Waals surface area contributed by atoms with E-state index in [0.717, 1.165) is 25.2 Å². The summed E-state index contributed by atoms with van der Waals surface area (Å²) in [4.78, 5) is 12.5. The maximum absolute atomic E-state index is 12.5. The molecule has 2 saturated carbocycles. The van der Waals surface area contributed by atoms with Gasteiger partial charge in [0, 0.05) is 12.0 Å². The van der Waals surface area contributed by atoms with E-state index in [1.54, 1.807) is 0 Å². The van der Waals surface area contributed by atoms with E-state index in [1.807, 2.05) is 0 Å². The van der Waals surface area contributed by atoms with Crippen molar-refractivity contribution in [1.82, 2.24) is 5.32 Å². The Bertz CT molecular complexity index is 269. The highest BCUT2D eigenvalue weighted by atomic mass is 16.1. The van der Waals surface area contributed by atoms with Crippen LogP contribution in [0.25, 0.3) is 0 Å². The summed E-state index contributed by atoms with van der Waals surface area (Å²) in [5.41, 5.74) is 0. The lowest BCUT2D eigenvalue weighted by molar-refractivity contribution is -0.125. The average Bonchev–Trinajstić information content (AvgIpc) is 2.82. The molecule has 3 unspecified atom stereocenters. The fourth-order valence-electron chi connectivity index (χ4n) is 4.21. The van der Waals surface area contributed by atoms with E-state index in [9.17, 15) is 4.79 Å². The number of hydrogen-bond donors (Lipinski definition) is 1. The normalized spacial score (nSPS) is 38.9. The van der Waals surface area contributed by atoms with Crippen molar-refractivity contribution in [2.75, 3.05) is 0 Å². The monoisotopic (exact) mass is 235 g/mol. The van der Waals surface area contributed by atoms with Gasteiger partial charge in [0.25, 0.3) is 0 Å². The van der Waals surface area contributed by atoms with Crippen LogP contribution in [0.15, 0.2) is 0 Å². The molecule has 1 heterocycles. The molecule has 3 atom stereocenters. The summed E-state index contributed by atoms with van der Waals surface area (Å²) in [5, 5.41) is 3.64. The van der Waals surface area contributed by atoms with Gasteiger partial charge in [-0.3, -0.25) is 4.79 Å². The molecule has 0 amide bonds. The number of ketones is 1. The fraction of sp³-hybridized carbons (Fsp3) is 0.933. The third kappa shape index (κ3) is 2.42. The summed E-state index contributed by atoms with van der Waals surface area (Å²) in [6.07, 6.45) is 12.7. The van der Waals surface area contributed by atoms with Gasteiger partial charge in [0.05, 0.1) is 6.04 Å². The molecule has 1 saturated heterocycles. The van der Waals surface area contributed by atoms with Gasteiger partial charge in [-0.05, 0) is 38.0 Å². The highest BCUT2D eigenvalue weighted by Gasteiger charge is 2.40. The van der Waals surface area contributed by atoms with E-state index in [0.29, 0.717) is 17.7 Å². The molecule has 96 valence electrons. The van der Waals surface area contributed by atoms with Crippen LogP contribution in [0.3, 0.4) is 0 Å². The Morgan fingerprint density at radius 3 is 2.35 bits per heavy atom. The Kier molecular flexibility index (Phi) is 3.51. The van der Waals surface area contributed by atoms with Gasteiger partial charge in [-0.15, -0.1) is 0 Å². The van der Waals surface area contributed by atoms with Crippen LogP contribution in [0.5, 0.6) is 0 Å². The van der Waals surface area contributed by atoms with Gasteiger partial charge >= 0.3 is 0 Å². The molecular weight excluding hydrogens is 210 g/mol. The van der Waals surface area contributed by atoms with Crippen LogP contribution in [-0.2, 0) is 4.79 Å². The molecule has 0 spiro atoms. The van der Waals surface area contributed by atoms with Crippen molar-refractivity contribution in [3.8, 4) is 0 Å². The van der Waals surface area contributed by atoms with Gasteiger partial charge in [-0.1, -0.05) is 32.1 Å². The first kappa shape index (κ1) is 11.7. The van der Waals surface area contributed by atoms with E-state index < -0.39 is 0 Å². The van der Waals surface area contributed by atoms with E-state index >= 15 is 0 Å². The molecule has 3 rings (SSSR count). The Morgan fingerprint density at radius 1 is 0.882 bits per heavy atom. The minimum absolute atomic E-state index is 0.214. The van der Waals surface area contributed by atoms with E-state index in [4.69, 9.17) is 0 Å². The first-order valence-corrected chi connectivity index (χ1v) is 7.64. The second-order valence-electron chi connectivity index (χ2n) is 6.34. The van der Waals surface area contributed by atoms with Crippen molar-refractivity contribution in [1.29, 1.82) is 0 Å². The van der Waals surface area contributed by atoms with E-state index in [1.165, 1.54) is 44.9 Å². The summed E-state index contributed by atoms with van der Waals surface area (Å²) < 4.78 is 0. The zero-order valence-electron chi connectivity index (χ0n) is 10.8. The minimum atomic E-state index is 0.214. The smallest absolute Gasteiger partial charge is 0.152 e. The highest BCUT2D eigenvalue weighted by Crippen LogP contribution is 2.35. The summed E-state index contributed by atoms with van der Waals surface area (Å²) >= 11 is 0. The third-order valence-corrected chi connectivity index (χ3v) is 5.21. The third-order valence-electron chi connectivity index (χ3n) is 5.21. The van der Waals surface area contributed by atoms with Crippen molar-refractivity contribution in [3.05, 3.63) is 0 Å². The van der Waals surface area contributed by atoms with Crippen LogP contribution in [0.1, 0.15) is 64.2 Å². The summed E-state index contributed by atoms with van der Waals surface area (Å²) in [6, 6.07) is 0.882. The summed E-state index contributed by atoms with van der Waals surface area (Å²) in [5.74, 6) is 1.75. The predicted octanol–water partition coefficient (Wildman–Crippen LogP) is 3.06. The Labute approximate surface area is 105 Å². The van der Waals surface area contributed by atoms with Gasteiger partial charge in [-0.2, -0.15) is 0 Å². The van der Waals surface area contributed by atoms with E-state index in [2.05, 4.69) is 5.32 Å². The molecule has 0 radical (unpaired) electrons. The first-order valence-electron chi connectivity index (χ1n) is 7.64. The SMILES string of the molecule is O=C(C1CCCCC1)C1CC2CCCCC2N1. The van der Waals surface area contributed by atoms with Crippen molar-refractivity contribution in [3.63, 3.8) is 0 Å². The maximum atomic E-state index is 12.5. The fourth-order valence-corrected chi connectivity index (χ4v) is 4.21. The van der Waals surface area contributed by atoms with E-state index in [-0.39, 0.29) is 6.04 Å². The molecular formula is C15H25NO. The van der Waals surface area contributed by atoms with Gasteiger partial charge in [0.1, 0.15) is 0 Å². The van der Waals surface area contributed by atoms with Crippen LogP contribution in [-0.4, -0.2) is 17.9 Å². The molecule has 0 aromatic rings. The number of fused-ring (bicyclic) bond motifs is 1. The van der Waals surface area contributed by atoms with Gasteiger partial charge < -0.3 is 5.32 Å². The van der Waals surface area contributed by atoms with Crippen molar-refractivity contribution in [2.45, 2.75) is 76.3 Å². The minimum Gasteiger partial charge on any atom is -0.304 e. The van der Waals surface area contributed by atoms with Crippen molar-refractivity contribution in [2.24, 2.45) is 11.8 Å². The zero-order chi connectivity index (χ0) is 11.7. The Hall–Kier alpha value is -0.370. The molecule has 0 aromatic heterocycles. The van der Waals surface area contributed by atoms with Crippen LogP contribution in [0.2, 0.25) is 0 Å². The predicted molar refractivity (Wildman–Crippen MR) is 68.9 cm³/mol. The molecule has 0 bridgehead atoms. The van der Waals surface area contributed by atoms with Gasteiger partial charge in [-0.25, -0.2) is 0 Å². The van der Waals surface area contributed by atoms with Crippen molar-refractivity contribution < 1.29 is 4.79 Å². The lowest BCUT2D eigenvalue weighted by atomic mass is 9.81. The number of hydrogen-bond acceptors (Lipinski definition) is 2. The highest BCUT2D eigenvalue weighted by molar-refractivity contribution is 5.86. The Morgan fingerprint density at radius 2 is 1.59 bits per heavy atom. The largest absolute Gasteiger partial charge is 0.304 e. The number of carbonyl (C=O) groups excluding carboxylic acids is 1. The lowest BCUT2D eigenvalue weighted by Crippen LogP contribution is -2.40. The molecule has 0 aromatic carbocycles. The molecule has 3 fully saturated rings. The molecule has 17 heavy (non-hydrogen) atoms. The van der Waals surface area contributed by atoms with Gasteiger partial charge in [0.2, 0.25) is 0 Å². The first-order chi connectivity index (χ1) is 8.34. The molecule has 1 aliphatic heterocycles. The number of nitrogens with one attached hydrogen (secondary N) is 1. The zero-order valence-corrected chi connectivity index (χ0v) is 10.8. The second-order valence-corrected chi connectivity index (χ2v) is 6.34. The standard InChI is InChI=1S/C15H25NO/c17-15(11-6-2-1-3-7-11)14-10-12-8-4-5-9-13(12)16-14/h11-14,16H,1-10H2. The Balaban J connectivity index is 1.59. The molecule has 2 nitrogen and oxygen atoms in total. The maximum Gasteiger partial charge on any atom is 0.152 e. The van der Waals surface area contributed by atoms with Crippen LogP contribution < -0.4 is 5.32 Å². The quantitative estimate of drug-likeness (QED) is 0.797. The van der Waals surface area contributed by atoms with Crippen molar-refractivity contribution >= 4 is 5.78 Å². The number of Topliss-reactive ketones (excluding diaryl/α,β-unsaturated/α-hetero) is 1.